The molecule has 190 valence electrons. The Kier molecular flexibility index (Phi) is 11.1. The highest BCUT2D eigenvalue weighted by atomic mass is 35.5. The lowest BCUT2D eigenvalue weighted by Gasteiger charge is -2.16. The monoisotopic (exact) mass is 525 g/mol. The predicted octanol–water partition coefficient (Wildman–Crippen LogP) is 6.27. The van der Waals surface area contributed by atoms with Gasteiger partial charge in [-0.05, 0) is 40.7 Å². The summed E-state index contributed by atoms with van der Waals surface area (Å²) in [6.07, 6.45) is 0. The molecule has 11 heteroatoms. The fourth-order valence-electron chi connectivity index (χ4n) is 2.97. The minimum Gasteiger partial charge on any atom is -0.494 e. The summed E-state index contributed by atoms with van der Waals surface area (Å²) in [6, 6.07) is 4.78. The normalized spacial score (nSPS) is 11.7. The number of azo groups is 1. The topological polar surface area (TPSA) is 108 Å². The van der Waals surface area contributed by atoms with Crippen molar-refractivity contribution in [2.24, 2.45) is 10.2 Å². The molecule has 0 bridgehead atoms. The van der Waals surface area contributed by atoms with Gasteiger partial charge in [0.1, 0.15) is 22.9 Å². The largest absolute Gasteiger partial charge is 0.494 e. The number of benzene rings is 2. The Labute approximate surface area is 214 Å². The van der Waals surface area contributed by atoms with Gasteiger partial charge in [-0.2, -0.15) is 5.11 Å². The van der Waals surface area contributed by atoms with Gasteiger partial charge < -0.3 is 24.3 Å². The molecule has 1 unspecified atom stereocenters. The van der Waals surface area contributed by atoms with Crippen molar-refractivity contribution in [1.82, 2.24) is 0 Å². The molecule has 0 spiro atoms. The lowest BCUT2D eigenvalue weighted by Crippen LogP contribution is -2.32. The Morgan fingerprint density at radius 3 is 2.03 bits per heavy atom. The molecule has 0 radical (unpaired) electrons. The Balaban J connectivity index is 2.37. The molecule has 1 amide bonds. The Bertz CT molecular complexity index is 1080. The van der Waals surface area contributed by atoms with E-state index in [0.717, 1.165) is 0 Å². The van der Waals surface area contributed by atoms with Crippen molar-refractivity contribution in [3.63, 3.8) is 0 Å². The molecule has 0 aromatic heterocycles. The van der Waals surface area contributed by atoms with Crippen LogP contribution in [0.5, 0.6) is 23.0 Å². The van der Waals surface area contributed by atoms with Gasteiger partial charge >= 0.3 is 0 Å². The molecule has 0 saturated carbocycles. The van der Waals surface area contributed by atoms with Gasteiger partial charge in [0.2, 0.25) is 6.04 Å². The van der Waals surface area contributed by atoms with Gasteiger partial charge in [0.05, 0.1) is 42.2 Å². The summed E-state index contributed by atoms with van der Waals surface area (Å²) in [4.78, 5) is 25.3. The second-order valence-corrected chi connectivity index (χ2v) is 7.79. The van der Waals surface area contributed by atoms with Crippen LogP contribution in [0.25, 0.3) is 0 Å². The van der Waals surface area contributed by atoms with Crippen LogP contribution in [0.3, 0.4) is 0 Å². The number of hydrogen-bond donors (Lipinski definition) is 1. The van der Waals surface area contributed by atoms with E-state index < -0.39 is 17.7 Å². The van der Waals surface area contributed by atoms with Crippen molar-refractivity contribution in [2.45, 2.75) is 40.7 Å². The number of ether oxygens (including phenoxy) is 4. The highest BCUT2D eigenvalue weighted by Gasteiger charge is 2.25. The lowest BCUT2D eigenvalue weighted by atomic mass is 10.2. The summed E-state index contributed by atoms with van der Waals surface area (Å²) in [5.41, 5.74) is 0.441. The zero-order valence-electron chi connectivity index (χ0n) is 20.3. The number of nitrogens with zero attached hydrogens (tertiary/aromatic N) is 2. The van der Waals surface area contributed by atoms with Crippen LogP contribution in [-0.2, 0) is 9.59 Å². The number of rotatable bonds is 13. The Morgan fingerprint density at radius 1 is 0.829 bits per heavy atom. The number of carbonyl (C=O) groups is 2. The summed E-state index contributed by atoms with van der Waals surface area (Å²) in [5.74, 6) is 0.306. The summed E-state index contributed by atoms with van der Waals surface area (Å²) in [7, 11) is 0. The highest BCUT2D eigenvalue weighted by molar-refractivity contribution is 6.33. The summed E-state index contributed by atoms with van der Waals surface area (Å²) in [6.45, 7) is 10.0. The van der Waals surface area contributed by atoms with Crippen LogP contribution in [0, 0.1) is 0 Å². The molecule has 9 nitrogen and oxygen atoms in total. The first-order chi connectivity index (χ1) is 16.7. The van der Waals surface area contributed by atoms with Gasteiger partial charge in [-0.1, -0.05) is 23.2 Å². The lowest BCUT2D eigenvalue weighted by molar-refractivity contribution is -0.126. The molecule has 1 atom stereocenters. The Morgan fingerprint density at radius 2 is 1.43 bits per heavy atom. The number of halogens is 2. The molecule has 0 aliphatic carbocycles. The number of carbonyl (C=O) groups excluding carboxylic acids is 2. The third-order valence-corrected chi connectivity index (χ3v) is 4.99. The molecule has 0 heterocycles. The molecule has 0 saturated heterocycles. The van der Waals surface area contributed by atoms with Crippen LogP contribution in [0.4, 0.5) is 11.4 Å². The molecule has 2 aromatic rings. The first kappa shape index (κ1) is 28.2. The molecular weight excluding hydrogens is 497 g/mol. The third-order valence-electron chi connectivity index (χ3n) is 4.41. The molecular formula is C24H29Cl2N3O6. The second-order valence-electron chi connectivity index (χ2n) is 6.98. The average Bonchev–Trinajstić information content (AvgIpc) is 2.79. The zero-order valence-corrected chi connectivity index (χ0v) is 21.8. The van der Waals surface area contributed by atoms with E-state index in [1.807, 2.05) is 13.8 Å². The summed E-state index contributed by atoms with van der Waals surface area (Å²) in [5, 5.41) is 11.2. The Hall–Kier alpha value is -3.04. The van der Waals surface area contributed by atoms with Crippen molar-refractivity contribution in [1.29, 1.82) is 0 Å². The summed E-state index contributed by atoms with van der Waals surface area (Å²) < 4.78 is 22.1. The zero-order chi connectivity index (χ0) is 26.0. The van der Waals surface area contributed by atoms with Crippen LogP contribution in [0.2, 0.25) is 10.0 Å². The first-order valence-corrected chi connectivity index (χ1v) is 11.9. The van der Waals surface area contributed by atoms with E-state index in [4.69, 9.17) is 42.1 Å². The molecule has 1 N–H and O–H groups in total. The van der Waals surface area contributed by atoms with Gasteiger partial charge in [0, 0.05) is 18.2 Å². The maximum Gasteiger partial charge on any atom is 0.258 e. The first-order valence-electron chi connectivity index (χ1n) is 11.2. The molecule has 0 fully saturated rings. The van der Waals surface area contributed by atoms with Crippen LogP contribution >= 0.6 is 23.2 Å². The maximum atomic E-state index is 13.0. The SMILES string of the molecule is CCOc1cc(Cl)c(N=NC(C(C)=O)C(=O)Nc2cc(Cl)c(OCC)cc2OCC)c(OCC)c1. The van der Waals surface area contributed by atoms with E-state index in [1.54, 1.807) is 32.0 Å². The van der Waals surface area contributed by atoms with Crippen molar-refractivity contribution in [3.8, 4) is 23.0 Å². The second kappa shape index (κ2) is 13.7. The molecule has 0 aliphatic heterocycles. The quantitative estimate of drug-likeness (QED) is 0.244. The predicted molar refractivity (Wildman–Crippen MR) is 135 cm³/mol. The minimum atomic E-state index is -1.45. The number of anilines is 1. The van der Waals surface area contributed by atoms with Crippen LogP contribution in [-0.4, -0.2) is 44.2 Å². The van der Waals surface area contributed by atoms with E-state index >= 15 is 0 Å². The van der Waals surface area contributed by atoms with Crippen molar-refractivity contribution in [2.75, 3.05) is 31.7 Å². The van der Waals surface area contributed by atoms with E-state index in [-0.39, 0.29) is 21.4 Å². The van der Waals surface area contributed by atoms with Gasteiger partial charge in [0.15, 0.2) is 11.5 Å². The van der Waals surface area contributed by atoms with E-state index in [1.165, 1.54) is 13.0 Å². The van der Waals surface area contributed by atoms with Gasteiger partial charge in [0.25, 0.3) is 5.91 Å². The van der Waals surface area contributed by atoms with Crippen molar-refractivity contribution >= 4 is 46.3 Å². The number of hydrogen-bond acceptors (Lipinski definition) is 8. The molecule has 0 aliphatic rings. The number of Topliss-reactive ketones (excluding diaryl/α,β-unsaturated/α-hetero) is 1. The summed E-state index contributed by atoms with van der Waals surface area (Å²) >= 11 is 12.6. The fraction of sp³-hybridized carbons (Fsp3) is 0.417. The third kappa shape index (κ3) is 7.73. The van der Waals surface area contributed by atoms with E-state index in [0.29, 0.717) is 49.4 Å². The van der Waals surface area contributed by atoms with Crippen LogP contribution < -0.4 is 24.3 Å². The standard InChI is InChI=1S/C24H29Cl2N3O6/c1-6-32-15-10-17(26)23(21(11-15)35-9-4)29-28-22(14(5)30)24(31)27-18-12-16(25)19(33-7-2)13-20(18)34-8-3/h10-13,22H,6-9H2,1-5H3,(H,27,31). The van der Waals surface area contributed by atoms with Gasteiger partial charge in [-0.15, -0.1) is 5.11 Å². The molecule has 2 aromatic carbocycles. The van der Waals surface area contributed by atoms with E-state index in [9.17, 15) is 9.59 Å². The minimum absolute atomic E-state index is 0.176. The number of ketones is 1. The van der Waals surface area contributed by atoms with Crippen molar-refractivity contribution < 1.29 is 28.5 Å². The number of nitrogens with one attached hydrogen (secondary N) is 1. The van der Waals surface area contributed by atoms with Crippen LogP contribution in [0.15, 0.2) is 34.5 Å². The van der Waals surface area contributed by atoms with Gasteiger partial charge in [-0.25, -0.2) is 0 Å². The highest BCUT2D eigenvalue weighted by Crippen LogP contribution is 2.40. The number of amides is 1. The van der Waals surface area contributed by atoms with Gasteiger partial charge in [-0.3, -0.25) is 9.59 Å². The van der Waals surface area contributed by atoms with Crippen molar-refractivity contribution in [3.05, 3.63) is 34.3 Å². The fourth-order valence-corrected chi connectivity index (χ4v) is 3.43. The molecule has 35 heavy (non-hydrogen) atoms. The molecule has 2 rings (SSSR count). The smallest absolute Gasteiger partial charge is 0.258 e. The van der Waals surface area contributed by atoms with E-state index in [2.05, 4.69) is 15.5 Å². The maximum absolute atomic E-state index is 13.0. The average molecular weight is 526 g/mol. The van der Waals surface area contributed by atoms with Crippen LogP contribution in [0.1, 0.15) is 34.6 Å².